The van der Waals surface area contributed by atoms with Crippen molar-refractivity contribution in [3.63, 3.8) is 0 Å². The van der Waals surface area contributed by atoms with E-state index in [1.165, 1.54) is 4.68 Å². The van der Waals surface area contributed by atoms with Gasteiger partial charge in [0.15, 0.2) is 0 Å². The number of imidazole rings is 1. The first-order valence-corrected chi connectivity index (χ1v) is 12.7. The molecule has 1 atom stereocenters. The molecule has 0 saturated heterocycles. The van der Waals surface area contributed by atoms with Crippen LogP contribution in [0.3, 0.4) is 0 Å². The summed E-state index contributed by atoms with van der Waals surface area (Å²) in [6.45, 7) is 3.28. The molecule has 2 heterocycles. The van der Waals surface area contributed by atoms with E-state index >= 15 is 0 Å². The average molecular weight is 456 g/mol. The van der Waals surface area contributed by atoms with Crippen LogP contribution >= 0.6 is 0 Å². The summed E-state index contributed by atoms with van der Waals surface area (Å²) in [5.74, 6) is 0.175. The highest BCUT2D eigenvalue weighted by Crippen LogP contribution is 2.27. The molecule has 32 heavy (non-hydrogen) atoms. The Bertz CT molecular complexity index is 1220. The largest absolute Gasteiger partial charge is 0.337 e. The number of fused-ring (bicyclic) bond motifs is 1. The second-order valence-electron chi connectivity index (χ2n) is 8.31. The van der Waals surface area contributed by atoms with Gasteiger partial charge in [0.1, 0.15) is 0 Å². The van der Waals surface area contributed by atoms with Gasteiger partial charge in [0.25, 0.3) is 5.56 Å². The molecule has 0 amide bonds. The molecule has 170 valence electrons. The van der Waals surface area contributed by atoms with Gasteiger partial charge in [-0.1, -0.05) is 25.5 Å². The summed E-state index contributed by atoms with van der Waals surface area (Å²) in [5.41, 5.74) is 3.83. The van der Waals surface area contributed by atoms with Crippen LogP contribution in [0.5, 0.6) is 0 Å². The third-order valence-electron chi connectivity index (χ3n) is 5.76. The van der Waals surface area contributed by atoms with Gasteiger partial charge >= 0.3 is 0 Å². The van der Waals surface area contributed by atoms with Gasteiger partial charge in [-0.25, -0.2) is 22.8 Å². The highest BCUT2D eigenvalue weighted by Gasteiger charge is 2.25. The molecule has 8 nitrogen and oxygen atoms in total. The third-order valence-corrected chi connectivity index (χ3v) is 7.28. The van der Waals surface area contributed by atoms with Crippen molar-refractivity contribution < 1.29 is 8.42 Å². The molecule has 0 aliphatic heterocycles. The van der Waals surface area contributed by atoms with Crippen molar-refractivity contribution >= 4 is 10.0 Å². The number of unbranched alkanes of at least 4 members (excludes halogenated alkanes) is 1. The van der Waals surface area contributed by atoms with Crippen LogP contribution in [0.15, 0.2) is 53.8 Å². The average Bonchev–Trinajstić information content (AvgIpc) is 3.42. The molecule has 0 radical (unpaired) electrons. The van der Waals surface area contributed by atoms with Crippen LogP contribution in [0.4, 0.5) is 0 Å². The molecule has 0 bridgehead atoms. The number of benzene rings is 1. The summed E-state index contributed by atoms with van der Waals surface area (Å²) in [7, 11) is -3.25. The Hall–Kier alpha value is -2.78. The summed E-state index contributed by atoms with van der Waals surface area (Å²) in [5, 5.41) is 4.57. The Kier molecular flexibility index (Phi) is 6.86. The van der Waals surface area contributed by atoms with E-state index in [-0.39, 0.29) is 17.4 Å². The van der Waals surface area contributed by atoms with E-state index in [9.17, 15) is 13.2 Å². The predicted octanol–water partition coefficient (Wildman–Crippen LogP) is 2.38. The lowest BCUT2D eigenvalue weighted by Crippen LogP contribution is -2.36. The van der Waals surface area contributed by atoms with Crippen molar-refractivity contribution in [1.29, 1.82) is 0 Å². The topological polar surface area (TPSA) is 98.9 Å². The summed E-state index contributed by atoms with van der Waals surface area (Å²) in [6.07, 6.45) is 9.05. The van der Waals surface area contributed by atoms with Gasteiger partial charge in [-0.3, -0.25) is 4.79 Å². The lowest BCUT2D eigenvalue weighted by atomic mass is 10.0. The highest BCUT2D eigenvalue weighted by molar-refractivity contribution is 7.89. The third kappa shape index (κ3) is 5.52. The van der Waals surface area contributed by atoms with Gasteiger partial charge in [0.2, 0.25) is 10.0 Å². The monoisotopic (exact) mass is 455 g/mol. The summed E-state index contributed by atoms with van der Waals surface area (Å²) in [4.78, 5) is 16.3. The number of hydrogen-bond donors (Lipinski definition) is 1. The maximum absolute atomic E-state index is 12.3. The fourth-order valence-corrected chi connectivity index (χ4v) is 5.55. The SMILES string of the molecule is CCCCS(=O)(=O)NC1Cc2ccc(-c3ccc(=O)n(CCCn4ccnc4)n3)cc2C1. The van der Waals surface area contributed by atoms with Crippen molar-refractivity contribution in [1.82, 2.24) is 24.1 Å². The van der Waals surface area contributed by atoms with E-state index in [2.05, 4.69) is 20.9 Å². The van der Waals surface area contributed by atoms with Crippen LogP contribution in [-0.4, -0.2) is 39.5 Å². The fraction of sp³-hybridized carbons (Fsp3) is 0.435. The van der Waals surface area contributed by atoms with Gasteiger partial charge in [0, 0.05) is 43.2 Å². The minimum Gasteiger partial charge on any atom is -0.337 e. The van der Waals surface area contributed by atoms with E-state index < -0.39 is 10.0 Å². The number of aryl methyl sites for hydroxylation is 2. The summed E-state index contributed by atoms with van der Waals surface area (Å²) < 4.78 is 30.8. The molecule has 1 aliphatic carbocycles. The number of nitrogens with zero attached hydrogens (tertiary/aromatic N) is 4. The van der Waals surface area contributed by atoms with Crippen molar-refractivity contribution in [3.8, 4) is 11.3 Å². The molecule has 2 aromatic heterocycles. The first kappa shape index (κ1) is 22.4. The normalized spacial score (nSPS) is 15.7. The van der Waals surface area contributed by atoms with Gasteiger partial charge in [0.05, 0.1) is 17.8 Å². The van der Waals surface area contributed by atoms with Crippen LogP contribution in [0.1, 0.15) is 37.3 Å². The van der Waals surface area contributed by atoms with Crippen molar-refractivity contribution in [2.75, 3.05) is 5.75 Å². The van der Waals surface area contributed by atoms with E-state index in [1.54, 1.807) is 24.7 Å². The fourth-order valence-electron chi connectivity index (χ4n) is 4.09. The molecule has 1 unspecified atom stereocenters. The number of hydrogen-bond acceptors (Lipinski definition) is 5. The molecule has 1 aliphatic rings. The molecule has 3 aromatic rings. The zero-order valence-corrected chi connectivity index (χ0v) is 19.1. The Morgan fingerprint density at radius 1 is 1.09 bits per heavy atom. The van der Waals surface area contributed by atoms with E-state index in [0.717, 1.165) is 41.8 Å². The van der Waals surface area contributed by atoms with Crippen LogP contribution in [0.2, 0.25) is 0 Å². The molecule has 0 spiro atoms. The van der Waals surface area contributed by atoms with Gasteiger partial charge < -0.3 is 4.57 Å². The van der Waals surface area contributed by atoms with Crippen molar-refractivity contribution in [2.24, 2.45) is 0 Å². The molecule has 1 aromatic carbocycles. The maximum Gasteiger partial charge on any atom is 0.266 e. The first-order valence-electron chi connectivity index (χ1n) is 11.1. The molecule has 1 N–H and O–H groups in total. The van der Waals surface area contributed by atoms with Crippen LogP contribution < -0.4 is 10.3 Å². The molecule has 0 fully saturated rings. The smallest absolute Gasteiger partial charge is 0.266 e. The predicted molar refractivity (Wildman–Crippen MR) is 124 cm³/mol. The minimum atomic E-state index is -3.25. The first-order chi connectivity index (χ1) is 15.4. The summed E-state index contributed by atoms with van der Waals surface area (Å²) in [6, 6.07) is 9.30. The number of nitrogens with one attached hydrogen (secondary N) is 1. The van der Waals surface area contributed by atoms with E-state index in [0.29, 0.717) is 25.8 Å². The standard InChI is InChI=1S/C23H29N5O3S/c1-2-3-13-32(30,31)26-21-15-18-5-6-19(14-20(18)16-21)22-7-8-23(29)28(25-22)11-4-10-27-12-9-24-17-27/h5-9,12,14,17,21,26H,2-4,10-11,13,15-16H2,1H3. The molecule has 4 rings (SSSR count). The van der Waals surface area contributed by atoms with Gasteiger partial charge in [-0.05, 0) is 48.9 Å². The van der Waals surface area contributed by atoms with E-state index in [4.69, 9.17) is 0 Å². The maximum atomic E-state index is 12.3. The lowest BCUT2D eigenvalue weighted by Gasteiger charge is -2.12. The Labute approximate surface area is 188 Å². The Morgan fingerprint density at radius 3 is 2.72 bits per heavy atom. The zero-order valence-electron chi connectivity index (χ0n) is 18.3. The minimum absolute atomic E-state index is 0.104. The van der Waals surface area contributed by atoms with Crippen molar-refractivity contribution in [3.05, 3.63) is 70.5 Å². The lowest BCUT2D eigenvalue weighted by molar-refractivity contribution is 0.508. The van der Waals surface area contributed by atoms with Gasteiger partial charge in [-0.15, -0.1) is 0 Å². The quantitative estimate of drug-likeness (QED) is 0.506. The summed E-state index contributed by atoms with van der Waals surface area (Å²) >= 11 is 0. The molecular weight excluding hydrogens is 426 g/mol. The zero-order chi connectivity index (χ0) is 22.6. The Morgan fingerprint density at radius 2 is 1.94 bits per heavy atom. The second kappa shape index (κ2) is 9.79. The van der Waals surface area contributed by atoms with Crippen LogP contribution in [0.25, 0.3) is 11.3 Å². The van der Waals surface area contributed by atoms with Gasteiger partial charge in [-0.2, -0.15) is 5.10 Å². The number of rotatable bonds is 10. The number of aromatic nitrogens is 4. The van der Waals surface area contributed by atoms with Crippen LogP contribution in [-0.2, 0) is 36.0 Å². The Balaban J connectivity index is 1.44. The highest BCUT2D eigenvalue weighted by atomic mass is 32.2. The number of sulfonamides is 1. The van der Waals surface area contributed by atoms with E-state index in [1.807, 2.05) is 29.8 Å². The molecule has 0 saturated carbocycles. The molecular formula is C23H29N5O3S. The van der Waals surface area contributed by atoms with Crippen LogP contribution in [0, 0.1) is 0 Å². The second-order valence-corrected chi connectivity index (χ2v) is 10.2. The van der Waals surface area contributed by atoms with Crippen molar-refractivity contribution in [2.45, 2.75) is 58.2 Å². The molecule has 9 heteroatoms.